The first kappa shape index (κ1) is 25.3. The number of aliphatic carboxylic acids is 2. The van der Waals surface area contributed by atoms with Gasteiger partial charge in [-0.05, 0) is 50.6 Å². The standard InChI is InChI=1S/C23H32N2O7/c1-3-23(9-4-5-10-25(2)15-23)17-7-6-8-18(13-17)32-22(31)16(12-20(27)28)11-19(26)24-14-21(29)30/h6-8,13,16H,3-5,9-12,14-15H2,1-2H3,(H,24,26)(H,27,28)(H,29,30). The number of nitrogens with zero attached hydrogens (tertiary/aromatic N) is 1. The van der Waals surface area contributed by atoms with Crippen molar-refractivity contribution >= 4 is 23.8 Å². The number of carboxylic acid groups (broad SMARTS) is 2. The second-order valence-electron chi connectivity index (χ2n) is 8.45. The minimum atomic E-state index is -1.25. The lowest BCUT2D eigenvalue weighted by Gasteiger charge is -2.35. The number of likely N-dealkylation sites (tertiary alicyclic amines) is 1. The Morgan fingerprint density at radius 2 is 1.91 bits per heavy atom. The van der Waals surface area contributed by atoms with E-state index in [0.717, 1.165) is 44.3 Å². The van der Waals surface area contributed by atoms with Crippen LogP contribution in [0.1, 0.15) is 51.0 Å². The van der Waals surface area contributed by atoms with Crippen LogP contribution in [-0.2, 0) is 24.6 Å². The molecule has 0 saturated carbocycles. The number of carbonyl (C=O) groups is 4. The number of carbonyl (C=O) groups excluding carboxylic acids is 2. The van der Waals surface area contributed by atoms with Crippen molar-refractivity contribution in [1.82, 2.24) is 10.2 Å². The highest BCUT2D eigenvalue weighted by molar-refractivity contribution is 5.88. The van der Waals surface area contributed by atoms with Crippen molar-refractivity contribution in [2.45, 2.75) is 50.9 Å². The quantitative estimate of drug-likeness (QED) is 0.366. The van der Waals surface area contributed by atoms with Gasteiger partial charge in [0.05, 0.1) is 12.3 Å². The van der Waals surface area contributed by atoms with Crippen LogP contribution >= 0.6 is 0 Å². The van der Waals surface area contributed by atoms with Crippen LogP contribution in [0.4, 0.5) is 0 Å². The van der Waals surface area contributed by atoms with E-state index in [2.05, 4.69) is 24.2 Å². The predicted octanol–water partition coefficient (Wildman–Crippen LogP) is 2.04. The van der Waals surface area contributed by atoms with Crippen LogP contribution < -0.4 is 10.1 Å². The number of esters is 1. The molecule has 1 aliphatic heterocycles. The Morgan fingerprint density at radius 3 is 2.56 bits per heavy atom. The van der Waals surface area contributed by atoms with E-state index in [1.54, 1.807) is 6.07 Å². The minimum absolute atomic E-state index is 0.0646. The van der Waals surface area contributed by atoms with Crippen molar-refractivity contribution in [2.24, 2.45) is 5.92 Å². The molecule has 176 valence electrons. The average Bonchev–Trinajstić information content (AvgIpc) is 2.93. The zero-order valence-electron chi connectivity index (χ0n) is 18.6. The summed E-state index contributed by atoms with van der Waals surface area (Å²) in [4.78, 5) is 48.7. The molecule has 32 heavy (non-hydrogen) atoms. The molecule has 2 rings (SSSR count). The Bertz CT molecular complexity index is 841. The van der Waals surface area contributed by atoms with Crippen molar-refractivity contribution in [1.29, 1.82) is 0 Å². The molecule has 0 spiro atoms. The fourth-order valence-electron chi connectivity index (χ4n) is 4.26. The molecule has 1 saturated heterocycles. The predicted molar refractivity (Wildman–Crippen MR) is 116 cm³/mol. The molecule has 1 aliphatic rings. The number of ether oxygens (including phenoxy) is 1. The molecule has 9 heteroatoms. The van der Waals surface area contributed by atoms with Crippen LogP contribution in [0, 0.1) is 5.92 Å². The van der Waals surface area contributed by atoms with Crippen molar-refractivity contribution < 1.29 is 34.1 Å². The topological polar surface area (TPSA) is 133 Å². The van der Waals surface area contributed by atoms with Crippen LogP contribution in [0.25, 0.3) is 0 Å². The molecule has 0 aliphatic carbocycles. The van der Waals surface area contributed by atoms with Gasteiger partial charge in [-0.25, -0.2) is 0 Å². The summed E-state index contributed by atoms with van der Waals surface area (Å²) in [7, 11) is 2.10. The molecule has 2 unspecified atom stereocenters. The summed E-state index contributed by atoms with van der Waals surface area (Å²) < 4.78 is 5.47. The molecule has 1 aromatic rings. The molecule has 1 fully saturated rings. The summed E-state index contributed by atoms with van der Waals surface area (Å²) in [6.07, 6.45) is 3.13. The van der Waals surface area contributed by atoms with Crippen LogP contribution in [0.3, 0.4) is 0 Å². The first-order valence-electron chi connectivity index (χ1n) is 10.9. The van der Waals surface area contributed by atoms with Crippen LogP contribution in [0.15, 0.2) is 24.3 Å². The molecule has 9 nitrogen and oxygen atoms in total. The summed E-state index contributed by atoms with van der Waals surface area (Å²) in [6.45, 7) is 3.48. The summed E-state index contributed by atoms with van der Waals surface area (Å²) in [5.41, 5.74) is 0.998. The third kappa shape index (κ3) is 7.33. The maximum atomic E-state index is 12.7. The minimum Gasteiger partial charge on any atom is -0.481 e. The average molecular weight is 449 g/mol. The first-order valence-corrected chi connectivity index (χ1v) is 10.9. The lowest BCUT2D eigenvalue weighted by molar-refractivity contribution is -0.148. The SMILES string of the molecule is CCC1(c2cccc(OC(=O)C(CC(=O)O)CC(=O)NCC(=O)O)c2)CCCCN(C)C1. The normalized spacial score (nSPS) is 20.1. The van der Waals surface area contributed by atoms with E-state index in [-0.39, 0.29) is 5.41 Å². The summed E-state index contributed by atoms with van der Waals surface area (Å²) in [5, 5.41) is 19.9. The number of nitrogens with one attached hydrogen (secondary N) is 1. The summed E-state index contributed by atoms with van der Waals surface area (Å²) in [6, 6.07) is 7.29. The largest absolute Gasteiger partial charge is 0.481 e. The fraction of sp³-hybridized carbons (Fsp3) is 0.565. The Balaban J connectivity index is 2.16. The Kier molecular flexibility index (Phi) is 9.19. The Morgan fingerprint density at radius 1 is 1.16 bits per heavy atom. The monoisotopic (exact) mass is 448 g/mol. The Labute approximate surface area is 187 Å². The summed E-state index contributed by atoms with van der Waals surface area (Å²) >= 11 is 0. The van der Waals surface area contributed by atoms with Gasteiger partial charge < -0.3 is 25.2 Å². The zero-order chi connectivity index (χ0) is 23.7. The summed E-state index contributed by atoms with van der Waals surface area (Å²) in [5.74, 6) is -4.98. The molecular weight excluding hydrogens is 416 g/mol. The van der Waals surface area contributed by atoms with Gasteiger partial charge in [-0.2, -0.15) is 0 Å². The maximum absolute atomic E-state index is 12.7. The maximum Gasteiger partial charge on any atom is 0.322 e. The third-order valence-corrected chi connectivity index (χ3v) is 5.98. The van der Waals surface area contributed by atoms with Crippen molar-refractivity contribution in [3.05, 3.63) is 29.8 Å². The van der Waals surface area contributed by atoms with E-state index >= 15 is 0 Å². The molecule has 3 N–H and O–H groups in total. The number of likely N-dealkylation sites (N-methyl/N-ethyl adjacent to an activating group) is 1. The van der Waals surface area contributed by atoms with Crippen molar-refractivity contribution in [2.75, 3.05) is 26.7 Å². The van der Waals surface area contributed by atoms with Crippen molar-refractivity contribution in [3.8, 4) is 5.75 Å². The van der Waals surface area contributed by atoms with E-state index in [4.69, 9.17) is 14.9 Å². The lowest BCUT2D eigenvalue weighted by atomic mass is 9.74. The number of hydrogen-bond acceptors (Lipinski definition) is 6. The highest BCUT2D eigenvalue weighted by Crippen LogP contribution is 2.37. The van der Waals surface area contributed by atoms with Gasteiger partial charge in [-0.1, -0.05) is 25.5 Å². The van der Waals surface area contributed by atoms with E-state index in [1.165, 1.54) is 0 Å². The lowest BCUT2D eigenvalue weighted by Crippen LogP contribution is -2.37. The van der Waals surface area contributed by atoms with Crippen LogP contribution in [0.2, 0.25) is 0 Å². The number of rotatable bonds is 10. The zero-order valence-corrected chi connectivity index (χ0v) is 18.6. The van der Waals surface area contributed by atoms with Crippen molar-refractivity contribution in [3.63, 3.8) is 0 Å². The second-order valence-corrected chi connectivity index (χ2v) is 8.45. The second kappa shape index (κ2) is 11.6. The Hall–Kier alpha value is -2.94. The molecule has 0 bridgehead atoms. The number of hydrogen-bond donors (Lipinski definition) is 3. The van der Waals surface area contributed by atoms with Gasteiger partial charge in [0.25, 0.3) is 0 Å². The van der Waals surface area contributed by atoms with E-state index in [0.29, 0.717) is 5.75 Å². The van der Waals surface area contributed by atoms with Crippen LogP contribution in [0.5, 0.6) is 5.75 Å². The smallest absolute Gasteiger partial charge is 0.322 e. The molecule has 1 heterocycles. The fourth-order valence-corrected chi connectivity index (χ4v) is 4.26. The molecule has 2 atom stereocenters. The highest BCUT2D eigenvalue weighted by Gasteiger charge is 2.34. The van der Waals surface area contributed by atoms with Gasteiger partial charge in [-0.3, -0.25) is 19.2 Å². The van der Waals surface area contributed by atoms with Gasteiger partial charge in [-0.15, -0.1) is 0 Å². The van der Waals surface area contributed by atoms with E-state index < -0.39 is 49.1 Å². The molecule has 0 aromatic heterocycles. The molecule has 0 radical (unpaired) electrons. The van der Waals surface area contributed by atoms with E-state index in [9.17, 15) is 19.2 Å². The van der Waals surface area contributed by atoms with Crippen LogP contribution in [-0.4, -0.2) is 65.6 Å². The highest BCUT2D eigenvalue weighted by atomic mass is 16.5. The first-order chi connectivity index (χ1) is 15.1. The van der Waals surface area contributed by atoms with Gasteiger partial charge in [0.15, 0.2) is 0 Å². The van der Waals surface area contributed by atoms with Gasteiger partial charge >= 0.3 is 17.9 Å². The van der Waals surface area contributed by atoms with E-state index in [1.807, 2.05) is 18.2 Å². The molecular formula is C23H32N2O7. The molecule has 1 amide bonds. The number of carboxylic acids is 2. The van der Waals surface area contributed by atoms with Gasteiger partial charge in [0, 0.05) is 18.4 Å². The van der Waals surface area contributed by atoms with Gasteiger partial charge in [0.2, 0.25) is 5.91 Å². The van der Waals surface area contributed by atoms with Gasteiger partial charge in [0.1, 0.15) is 12.3 Å². The number of benzene rings is 1. The molecule has 1 aromatic carbocycles. The number of amides is 1. The third-order valence-electron chi connectivity index (χ3n) is 5.98.